The normalized spacial score (nSPS) is 20.7. The van der Waals surface area contributed by atoms with Crippen molar-refractivity contribution in [2.45, 2.75) is 31.6 Å². The van der Waals surface area contributed by atoms with Crippen LogP contribution in [0.4, 0.5) is 5.69 Å². The SMILES string of the molecule is COc1cc2c(cc1OC)[C@@H](CCN1CCN(c3cccc4c3CCOO4)CC1)CC2. The molecule has 1 atom stereocenters. The molecule has 1 fully saturated rings. The van der Waals surface area contributed by atoms with Gasteiger partial charge in [0.1, 0.15) is 0 Å². The summed E-state index contributed by atoms with van der Waals surface area (Å²) in [6.07, 6.45) is 4.48. The van der Waals surface area contributed by atoms with Gasteiger partial charge in [-0.1, -0.05) is 6.07 Å². The first-order valence-electron chi connectivity index (χ1n) is 11.4. The quantitative estimate of drug-likeness (QED) is 0.657. The fourth-order valence-electron chi connectivity index (χ4n) is 5.30. The van der Waals surface area contributed by atoms with Crippen LogP contribution in [0.25, 0.3) is 0 Å². The minimum absolute atomic E-state index is 0.617. The second-order valence-electron chi connectivity index (χ2n) is 8.67. The van der Waals surface area contributed by atoms with E-state index in [9.17, 15) is 0 Å². The first-order valence-corrected chi connectivity index (χ1v) is 11.4. The average molecular weight is 425 g/mol. The fourth-order valence-corrected chi connectivity index (χ4v) is 5.30. The van der Waals surface area contributed by atoms with E-state index in [1.807, 2.05) is 6.07 Å². The maximum absolute atomic E-state index is 5.54. The molecule has 6 heteroatoms. The van der Waals surface area contributed by atoms with Crippen molar-refractivity contribution in [2.24, 2.45) is 0 Å². The molecule has 0 unspecified atom stereocenters. The summed E-state index contributed by atoms with van der Waals surface area (Å²) in [5.41, 5.74) is 5.47. The van der Waals surface area contributed by atoms with Gasteiger partial charge in [0.2, 0.25) is 0 Å². The Morgan fingerprint density at radius 3 is 2.61 bits per heavy atom. The highest BCUT2D eigenvalue weighted by molar-refractivity contribution is 5.60. The van der Waals surface area contributed by atoms with E-state index in [2.05, 4.69) is 34.1 Å². The zero-order valence-corrected chi connectivity index (χ0v) is 18.6. The number of fused-ring (bicyclic) bond motifs is 2. The topological polar surface area (TPSA) is 43.4 Å². The molecular formula is C25H32N2O4. The van der Waals surface area contributed by atoms with Gasteiger partial charge >= 0.3 is 0 Å². The number of hydrogen-bond donors (Lipinski definition) is 0. The molecule has 6 nitrogen and oxygen atoms in total. The van der Waals surface area contributed by atoms with Gasteiger partial charge in [0.25, 0.3) is 0 Å². The lowest BCUT2D eigenvalue weighted by atomic mass is 9.97. The summed E-state index contributed by atoms with van der Waals surface area (Å²) in [4.78, 5) is 15.6. The number of rotatable bonds is 6. The molecule has 0 saturated carbocycles. The lowest BCUT2D eigenvalue weighted by Crippen LogP contribution is -2.47. The second kappa shape index (κ2) is 8.97. The summed E-state index contributed by atoms with van der Waals surface area (Å²) in [6, 6.07) is 10.7. The Kier molecular flexibility index (Phi) is 5.92. The van der Waals surface area contributed by atoms with E-state index in [-0.39, 0.29) is 0 Å². The summed E-state index contributed by atoms with van der Waals surface area (Å²) in [5, 5.41) is 0. The zero-order valence-electron chi connectivity index (χ0n) is 18.6. The Morgan fingerprint density at radius 2 is 1.81 bits per heavy atom. The second-order valence-corrected chi connectivity index (χ2v) is 8.67. The van der Waals surface area contributed by atoms with Crippen molar-refractivity contribution in [3.63, 3.8) is 0 Å². The highest BCUT2D eigenvalue weighted by Gasteiger charge is 2.27. The van der Waals surface area contributed by atoms with Crippen LogP contribution in [0.5, 0.6) is 17.2 Å². The molecule has 2 heterocycles. The van der Waals surface area contributed by atoms with Gasteiger partial charge in [-0.2, -0.15) is 4.89 Å². The van der Waals surface area contributed by atoms with Crippen molar-refractivity contribution in [2.75, 3.05) is 58.5 Å². The van der Waals surface area contributed by atoms with E-state index in [1.54, 1.807) is 14.2 Å². The molecule has 31 heavy (non-hydrogen) atoms. The van der Waals surface area contributed by atoms with Gasteiger partial charge in [-0.25, -0.2) is 0 Å². The Bertz CT molecular complexity index is 924. The monoisotopic (exact) mass is 424 g/mol. The number of nitrogens with zero attached hydrogens (tertiary/aromatic N) is 2. The van der Waals surface area contributed by atoms with Crippen LogP contribution in [0.2, 0.25) is 0 Å². The Hall–Kier alpha value is -2.44. The molecule has 2 aliphatic heterocycles. The molecule has 0 spiro atoms. The van der Waals surface area contributed by atoms with Crippen molar-refractivity contribution in [1.82, 2.24) is 4.90 Å². The first kappa shape index (κ1) is 20.5. The van der Waals surface area contributed by atoms with Gasteiger partial charge in [-0.05, 0) is 67.1 Å². The van der Waals surface area contributed by atoms with E-state index >= 15 is 0 Å². The average Bonchev–Trinajstić information content (AvgIpc) is 3.23. The van der Waals surface area contributed by atoms with Gasteiger partial charge in [-0.3, -0.25) is 4.90 Å². The van der Waals surface area contributed by atoms with Crippen LogP contribution in [-0.2, 0) is 17.7 Å². The predicted molar refractivity (Wildman–Crippen MR) is 121 cm³/mol. The van der Waals surface area contributed by atoms with Gasteiger partial charge in [0.05, 0.1) is 20.8 Å². The lowest BCUT2D eigenvalue weighted by molar-refractivity contribution is -0.215. The molecule has 5 rings (SSSR count). The van der Waals surface area contributed by atoms with Crippen LogP contribution in [0.15, 0.2) is 30.3 Å². The van der Waals surface area contributed by atoms with Crippen LogP contribution in [0, 0.1) is 0 Å². The summed E-state index contributed by atoms with van der Waals surface area (Å²) in [7, 11) is 3.43. The van der Waals surface area contributed by atoms with Crippen molar-refractivity contribution >= 4 is 5.69 Å². The molecule has 0 bridgehead atoms. The third-order valence-corrected chi connectivity index (χ3v) is 7.05. The van der Waals surface area contributed by atoms with Crippen molar-refractivity contribution in [1.29, 1.82) is 0 Å². The van der Waals surface area contributed by atoms with Gasteiger partial charge < -0.3 is 19.3 Å². The summed E-state index contributed by atoms with van der Waals surface area (Å²) < 4.78 is 11.0. The maximum atomic E-state index is 5.54. The maximum Gasteiger partial charge on any atom is 0.170 e. The van der Waals surface area contributed by atoms with Crippen molar-refractivity contribution in [3.8, 4) is 17.2 Å². The van der Waals surface area contributed by atoms with E-state index in [1.165, 1.54) is 35.2 Å². The molecule has 0 N–H and O–H groups in total. The molecule has 1 aliphatic carbocycles. The van der Waals surface area contributed by atoms with Gasteiger partial charge in [-0.15, -0.1) is 0 Å². The molecule has 2 aromatic carbocycles. The minimum atomic E-state index is 0.617. The van der Waals surface area contributed by atoms with Crippen molar-refractivity contribution in [3.05, 3.63) is 47.0 Å². The number of benzene rings is 2. The molecule has 0 aromatic heterocycles. The Labute approximate surface area is 184 Å². The Morgan fingerprint density at radius 1 is 1.00 bits per heavy atom. The number of ether oxygens (including phenoxy) is 2. The van der Waals surface area contributed by atoms with Crippen LogP contribution in [0.3, 0.4) is 0 Å². The largest absolute Gasteiger partial charge is 0.493 e. The first-order chi connectivity index (χ1) is 15.3. The predicted octanol–water partition coefficient (Wildman–Crippen LogP) is 3.81. The molecule has 0 amide bonds. The molecule has 2 aromatic rings. The summed E-state index contributed by atoms with van der Waals surface area (Å²) in [5.74, 6) is 3.18. The van der Waals surface area contributed by atoms with Gasteiger partial charge in [0, 0.05) is 43.9 Å². The smallest absolute Gasteiger partial charge is 0.170 e. The highest BCUT2D eigenvalue weighted by Crippen LogP contribution is 2.42. The minimum Gasteiger partial charge on any atom is -0.493 e. The molecule has 3 aliphatic rings. The van der Waals surface area contributed by atoms with E-state index in [0.29, 0.717) is 12.5 Å². The fraction of sp³-hybridized carbons (Fsp3) is 0.520. The summed E-state index contributed by atoms with van der Waals surface area (Å²) >= 11 is 0. The number of hydrogen-bond acceptors (Lipinski definition) is 6. The van der Waals surface area contributed by atoms with E-state index in [4.69, 9.17) is 19.2 Å². The number of piperazine rings is 1. The molecule has 1 saturated heterocycles. The molecule has 166 valence electrons. The standard InChI is InChI=1S/C25H32N2O4/c1-28-24-16-19-7-6-18(21(19)17-25(24)29-2)8-10-26-11-13-27(14-12-26)22-4-3-5-23-20(22)9-15-30-31-23/h3-5,16-18H,6-15H2,1-2H3/t18-/m1/s1. The van der Waals surface area contributed by atoms with Crippen LogP contribution in [-0.4, -0.2) is 58.5 Å². The van der Waals surface area contributed by atoms with Crippen molar-refractivity contribution < 1.29 is 19.2 Å². The third-order valence-electron chi connectivity index (χ3n) is 7.05. The number of anilines is 1. The van der Waals surface area contributed by atoms with Gasteiger partial charge in [0.15, 0.2) is 17.2 Å². The zero-order chi connectivity index (χ0) is 21.2. The number of methoxy groups -OCH3 is 2. The number of aryl methyl sites for hydroxylation is 1. The van der Waals surface area contributed by atoms with Crippen LogP contribution < -0.4 is 19.3 Å². The van der Waals surface area contributed by atoms with Crippen LogP contribution in [0.1, 0.15) is 35.4 Å². The third kappa shape index (κ3) is 4.06. The summed E-state index contributed by atoms with van der Waals surface area (Å²) in [6.45, 7) is 6.10. The van der Waals surface area contributed by atoms with E-state index < -0.39 is 0 Å². The lowest BCUT2D eigenvalue weighted by Gasteiger charge is -2.38. The van der Waals surface area contributed by atoms with Crippen LogP contribution >= 0.6 is 0 Å². The molecule has 0 radical (unpaired) electrons. The Balaban J connectivity index is 1.18. The van der Waals surface area contributed by atoms with E-state index in [0.717, 1.165) is 62.8 Å². The molecular weight excluding hydrogens is 392 g/mol. The highest BCUT2D eigenvalue weighted by atomic mass is 17.2.